The highest BCUT2D eigenvalue weighted by atomic mass is 15.3. The molecule has 0 saturated heterocycles. The number of benzene rings is 1. The van der Waals surface area contributed by atoms with Gasteiger partial charge in [0.15, 0.2) is 5.84 Å². The van der Waals surface area contributed by atoms with Crippen LogP contribution >= 0.6 is 0 Å². The summed E-state index contributed by atoms with van der Waals surface area (Å²) in [5.74, 6) is 5.98. The van der Waals surface area contributed by atoms with Gasteiger partial charge in [-0.05, 0) is 11.5 Å². The van der Waals surface area contributed by atoms with E-state index in [4.69, 9.17) is 5.84 Å². The number of hydrazine groups is 1. The molecule has 3 N–H and O–H groups in total. The number of aliphatic imine (C=N–C) groups is 1. The van der Waals surface area contributed by atoms with E-state index in [1.54, 1.807) is 13.2 Å². The summed E-state index contributed by atoms with van der Waals surface area (Å²) < 4.78 is 0. The van der Waals surface area contributed by atoms with E-state index in [2.05, 4.69) is 15.4 Å². The smallest absolute Gasteiger partial charge is 0.161 e. The van der Waals surface area contributed by atoms with Gasteiger partial charge in [-0.1, -0.05) is 24.3 Å². The van der Waals surface area contributed by atoms with Gasteiger partial charge in [0.25, 0.3) is 0 Å². The SMILES string of the molecule is CN=C(NN)c1nccc2ccccc12. The minimum Gasteiger partial charge on any atom is -0.307 e. The Bertz CT molecular complexity index is 499. The van der Waals surface area contributed by atoms with Gasteiger partial charge in [-0.2, -0.15) is 0 Å². The Morgan fingerprint density at radius 2 is 2.13 bits per heavy atom. The Hall–Kier alpha value is -1.94. The summed E-state index contributed by atoms with van der Waals surface area (Å²) in [6, 6.07) is 9.95. The second kappa shape index (κ2) is 4.06. The minimum atomic E-state index is 0.590. The van der Waals surface area contributed by atoms with Crippen molar-refractivity contribution in [2.45, 2.75) is 0 Å². The monoisotopic (exact) mass is 200 g/mol. The number of amidine groups is 1. The Morgan fingerprint density at radius 3 is 2.87 bits per heavy atom. The first-order valence-electron chi connectivity index (χ1n) is 4.64. The maximum atomic E-state index is 5.39. The Labute approximate surface area is 87.8 Å². The van der Waals surface area contributed by atoms with Gasteiger partial charge in [-0.25, -0.2) is 5.84 Å². The Morgan fingerprint density at radius 1 is 1.33 bits per heavy atom. The van der Waals surface area contributed by atoms with E-state index in [-0.39, 0.29) is 0 Å². The lowest BCUT2D eigenvalue weighted by Crippen LogP contribution is -2.31. The fourth-order valence-corrected chi connectivity index (χ4v) is 1.55. The molecule has 0 aliphatic rings. The predicted octanol–water partition coefficient (Wildman–Crippen LogP) is 1.07. The number of aromatic nitrogens is 1. The molecule has 76 valence electrons. The molecular formula is C11H12N4. The van der Waals surface area contributed by atoms with Crippen molar-refractivity contribution in [3.8, 4) is 0 Å². The third-order valence-electron chi connectivity index (χ3n) is 2.26. The molecule has 0 aliphatic heterocycles. The fraction of sp³-hybridized carbons (Fsp3) is 0.0909. The number of hydrogen-bond acceptors (Lipinski definition) is 3. The molecule has 2 rings (SSSR count). The van der Waals surface area contributed by atoms with E-state index in [0.29, 0.717) is 5.84 Å². The molecule has 4 nitrogen and oxygen atoms in total. The predicted molar refractivity (Wildman–Crippen MR) is 61.5 cm³/mol. The topological polar surface area (TPSA) is 63.3 Å². The van der Waals surface area contributed by atoms with Gasteiger partial charge in [0.2, 0.25) is 0 Å². The van der Waals surface area contributed by atoms with E-state index in [0.717, 1.165) is 16.5 Å². The van der Waals surface area contributed by atoms with Crippen molar-refractivity contribution in [2.75, 3.05) is 7.05 Å². The van der Waals surface area contributed by atoms with Crippen LogP contribution in [0.25, 0.3) is 10.8 Å². The van der Waals surface area contributed by atoms with Crippen molar-refractivity contribution in [1.29, 1.82) is 0 Å². The third-order valence-corrected chi connectivity index (χ3v) is 2.26. The first-order chi connectivity index (χ1) is 7.36. The molecule has 1 aromatic carbocycles. The van der Waals surface area contributed by atoms with Gasteiger partial charge in [-0.3, -0.25) is 9.98 Å². The van der Waals surface area contributed by atoms with Crippen LogP contribution in [0.5, 0.6) is 0 Å². The van der Waals surface area contributed by atoms with E-state index in [9.17, 15) is 0 Å². The van der Waals surface area contributed by atoms with Crippen LogP contribution in [0.3, 0.4) is 0 Å². The van der Waals surface area contributed by atoms with Crippen molar-refractivity contribution < 1.29 is 0 Å². The summed E-state index contributed by atoms with van der Waals surface area (Å²) in [6.45, 7) is 0. The van der Waals surface area contributed by atoms with Crippen LogP contribution in [-0.2, 0) is 0 Å². The molecular weight excluding hydrogens is 188 g/mol. The lowest BCUT2D eigenvalue weighted by Gasteiger charge is -2.06. The van der Waals surface area contributed by atoms with Gasteiger partial charge >= 0.3 is 0 Å². The normalized spacial score (nSPS) is 11.7. The molecule has 0 aliphatic carbocycles. The highest BCUT2D eigenvalue weighted by Crippen LogP contribution is 2.15. The maximum Gasteiger partial charge on any atom is 0.161 e. The highest BCUT2D eigenvalue weighted by molar-refractivity contribution is 6.07. The van der Waals surface area contributed by atoms with E-state index < -0.39 is 0 Å². The number of nitrogens with zero attached hydrogens (tertiary/aromatic N) is 2. The average Bonchev–Trinajstić information content (AvgIpc) is 2.31. The van der Waals surface area contributed by atoms with Crippen LogP contribution in [0.15, 0.2) is 41.5 Å². The number of nitrogens with two attached hydrogens (primary N) is 1. The molecule has 15 heavy (non-hydrogen) atoms. The number of nitrogens with one attached hydrogen (secondary N) is 1. The lowest BCUT2D eigenvalue weighted by molar-refractivity contribution is 1.01. The van der Waals surface area contributed by atoms with Crippen molar-refractivity contribution in [3.05, 3.63) is 42.2 Å². The molecule has 1 heterocycles. The second-order valence-electron chi connectivity index (χ2n) is 3.10. The molecule has 0 unspecified atom stereocenters. The number of fused-ring (bicyclic) bond motifs is 1. The van der Waals surface area contributed by atoms with Crippen LogP contribution in [0.1, 0.15) is 5.69 Å². The average molecular weight is 200 g/mol. The molecule has 0 amide bonds. The van der Waals surface area contributed by atoms with E-state index in [1.807, 2.05) is 30.3 Å². The summed E-state index contributed by atoms with van der Waals surface area (Å²) in [4.78, 5) is 8.32. The van der Waals surface area contributed by atoms with E-state index >= 15 is 0 Å². The van der Waals surface area contributed by atoms with Crippen LogP contribution < -0.4 is 11.3 Å². The zero-order valence-corrected chi connectivity index (χ0v) is 8.44. The fourth-order valence-electron chi connectivity index (χ4n) is 1.55. The molecule has 1 aromatic heterocycles. The number of rotatable bonds is 1. The minimum absolute atomic E-state index is 0.590. The summed E-state index contributed by atoms with van der Waals surface area (Å²) in [5.41, 5.74) is 3.32. The van der Waals surface area contributed by atoms with Gasteiger partial charge in [0, 0.05) is 18.6 Å². The Kier molecular flexibility index (Phi) is 2.60. The standard InChI is InChI=1S/C11H12N4/c1-13-11(15-12)10-9-5-3-2-4-8(9)6-7-14-10/h2-7H,12H2,1H3,(H,13,15). The summed E-state index contributed by atoms with van der Waals surface area (Å²) in [6.07, 6.45) is 1.75. The molecule has 0 radical (unpaired) electrons. The first-order valence-corrected chi connectivity index (χ1v) is 4.64. The third kappa shape index (κ3) is 1.67. The molecule has 4 heteroatoms. The molecule has 0 fully saturated rings. The first kappa shape index (κ1) is 9.61. The molecule has 0 bridgehead atoms. The summed E-state index contributed by atoms with van der Waals surface area (Å²) in [5, 5.41) is 2.16. The largest absolute Gasteiger partial charge is 0.307 e. The van der Waals surface area contributed by atoms with Crippen LogP contribution in [-0.4, -0.2) is 17.9 Å². The highest BCUT2D eigenvalue weighted by Gasteiger charge is 2.06. The summed E-state index contributed by atoms with van der Waals surface area (Å²) in [7, 11) is 1.68. The van der Waals surface area contributed by atoms with Crippen molar-refractivity contribution in [1.82, 2.24) is 10.4 Å². The van der Waals surface area contributed by atoms with Crippen molar-refractivity contribution >= 4 is 16.6 Å². The van der Waals surface area contributed by atoms with Crippen LogP contribution in [0, 0.1) is 0 Å². The van der Waals surface area contributed by atoms with Gasteiger partial charge < -0.3 is 5.43 Å². The molecule has 0 spiro atoms. The zero-order valence-electron chi connectivity index (χ0n) is 8.44. The lowest BCUT2D eigenvalue weighted by atomic mass is 10.1. The van der Waals surface area contributed by atoms with Crippen LogP contribution in [0.2, 0.25) is 0 Å². The maximum absolute atomic E-state index is 5.39. The zero-order chi connectivity index (χ0) is 10.7. The second-order valence-corrected chi connectivity index (χ2v) is 3.10. The Balaban J connectivity index is 2.71. The van der Waals surface area contributed by atoms with Crippen molar-refractivity contribution in [3.63, 3.8) is 0 Å². The molecule has 0 saturated carbocycles. The quantitative estimate of drug-likeness (QED) is 0.313. The van der Waals surface area contributed by atoms with Gasteiger partial charge in [-0.15, -0.1) is 0 Å². The summed E-state index contributed by atoms with van der Waals surface area (Å²) >= 11 is 0. The molecule has 0 atom stereocenters. The number of hydrogen-bond donors (Lipinski definition) is 2. The van der Waals surface area contributed by atoms with Gasteiger partial charge in [0.05, 0.1) is 0 Å². The van der Waals surface area contributed by atoms with E-state index in [1.165, 1.54) is 0 Å². The van der Waals surface area contributed by atoms with Crippen molar-refractivity contribution in [2.24, 2.45) is 10.8 Å². The number of pyridine rings is 1. The van der Waals surface area contributed by atoms with Gasteiger partial charge in [0.1, 0.15) is 5.69 Å². The molecule has 2 aromatic rings. The van der Waals surface area contributed by atoms with Crippen LogP contribution in [0.4, 0.5) is 0 Å².